The zero-order valence-electron chi connectivity index (χ0n) is 14.0. The Bertz CT molecular complexity index is 473. The number of hydrogen-bond acceptors (Lipinski definition) is 3. The van der Waals surface area contributed by atoms with E-state index >= 15 is 0 Å². The summed E-state index contributed by atoms with van der Waals surface area (Å²) < 4.78 is 59.7. The number of allylic oxidation sites excluding steroid dienone is 1. The van der Waals surface area contributed by atoms with Gasteiger partial charge < -0.3 is 5.11 Å². The molecule has 0 aromatic heterocycles. The van der Waals surface area contributed by atoms with Gasteiger partial charge in [0.1, 0.15) is 0 Å². The predicted molar refractivity (Wildman–Crippen MR) is 88.0 cm³/mol. The van der Waals surface area contributed by atoms with Gasteiger partial charge in [-0.1, -0.05) is 57.4 Å². The molecule has 0 rings (SSSR count). The van der Waals surface area contributed by atoms with Crippen molar-refractivity contribution in [3.63, 3.8) is 0 Å². The van der Waals surface area contributed by atoms with E-state index in [1.807, 2.05) is 6.08 Å². The highest BCUT2D eigenvalue weighted by Crippen LogP contribution is 2.24. The molecule has 0 saturated heterocycles. The number of nitrogens with zero attached hydrogens (tertiary/aromatic N) is 1. The van der Waals surface area contributed by atoms with Crippen LogP contribution in [0.5, 0.6) is 0 Å². The molecule has 0 spiro atoms. The summed E-state index contributed by atoms with van der Waals surface area (Å²) in [6.07, 6.45) is 12.8. The van der Waals surface area contributed by atoms with Crippen molar-refractivity contribution in [2.75, 3.05) is 0 Å². The second-order valence-corrected chi connectivity index (χ2v) is 7.36. The molecule has 0 aromatic carbocycles. The van der Waals surface area contributed by atoms with Crippen LogP contribution in [0.1, 0.15) is 77.0 Å². The van der Waals surface area contributed by atoms with Gasteiger partial charge in [-0.3, -0.25) is 0 Å². The Morgan fingerprint density at radius 2 is 1.33 bits per heavy atom. The number of halogens is 3. The maximum atomic E-state index is 12.0. The first kappa shape index (κ1) is 22.9. The number of unbranched alkanes of at least 4 members (excludes halogenated alkanes) is 10. The van der Waals surface area contributed by atoms with Gasteiger partial charge >= 0.3 is 15.5 Å². The van der Waals surface area contributed by atoms with Gasteiger partial charge in [0.05, 0.1) is 0 Å². The monoisotopic (exact) mass is 370 g/mol. The van der Waals surface area contributed by atoms with Crippen LogP contribution in [0.25, 0.3) is 0 Å². The van der Waals surface area contributed by atoms with Crippen molar-refractivity contribution in [3.8, 4) is 0 Å². The fourth-order valence-corrected chi connectivity index (χ4v) is 2.67. The van der Waals surface area contributed by atoms with Gasteiger partial charge in [-0.15, -0.1) is 6.58 Å². The summed E-state index contributed by atoms with van der Waals surface area (Å²) in [6.45, 7) is 3.68. The van der Waals surface area contributed by atoms with E-state index in [-0.39, 0.29) is 6.42 Å². The van der Waals surface area contributed by atoms with Crippen LogP contribution < -0.4 is 5.11 Å². The highest BCUT2D eigenvalue weighted by atomic mass is 32.2. The maximum absolute atomic E-state index is 12.0. The lowest BCUT2D eigenvalue weighted by Gasteiger charge is -2.11. The van der Waals surface area contributed by atoms with Crippen LogP contribution in [0.2, 0.25) is 0 Å². The normalized spacial score (nSPS) is 13.2. The maximum Gasteiger partial charge on any atom is 0.518 e. The van der Waals surface area contributed by atoms with Crippen molar-refractivity contribution >= 4 is 15.9 Å². The molecule has 0 bridgehead atoms. The third-order valence-corrected chi connectivity index (χ3v) is 4.59. The van der Waals surface area contributed by atoms with Gasteiger partial charge in [0.2, 0.25) is 0 Å². The number of alkyl halides is 3. The van der Waals surface area contributed by atoms with E-state index in [4.69, 9.17) is 0 Å². The molecule has 8 heteroatoms. The summed E-state index contributed by atoms with van der Waals surface area (Å²) in [6, 6.07) is 0. The summed E-state index contributed by atoms with van der Waals surface area (Å²) in [5.74, 6) is -1.23. The summed E-state index contributed by atoms with van der Waals surface area (Å²) in [7, 11) is -5.69. The average molecular weight is 370 g/mol. The van der Waals surface area contributed by atoms with Gasteiger partial charge in [0.25, 0.3) is 0 Å². The van der Waals surface area contributed by atoms with Crippen molar-refractivity contribution in [1.82, 2.24) is 0 Å². The molecule has 24 heavy (non-hydrogen) atoms. The molecule has 0 unspecified atom stereocenters. The summed E-state index contributed by atoms with van der Waals surface area (Å²) in [5.41, 5.74) is -5.51. The molecule has 0 aliphatic heterocycles. The Labute approximate surface area is 142 Å². The third kappa shape index (κ3) is 11.5. The smallest absolute Gasteiger partial charge is 0.518 e. The van der Waals surface area contributed by atoms with Crippen LogP contribution in [-0.2, 0) is 10.0 Å². The molecule has 0 amide bonds. The predicted octanol–water partition coefficient (Wildman–Crippen LogP) is 4.46. The van der Waals surface area contributed by atoms with E-state index in [1.165, 1.54) is 25.7 Å². The fourth-order valence-electron chi connectivity index (χ4n) is 2.21. The second kappa shape index (κ2) is 12.3. The zero-order chi connectivity index (χ0) is 18.5. The Morgan fingerprint density at radius 1 is 0.917 bits per heavy atom. The van der Waals surface area contributed by atoms with Crippen LogP contribution in [0, 0.1) is 0 Å². The topological polar surface area (TPSA) is 69.6 Å². The minimum absolute atomic E-state index is 0.265. The second-order valence-electron chi connectivity index (χ2n) is 5.77. The van der Waals surface area contributed by atoms with E-state index in [1.54, 1.807) is 0 Å². The first-order chi connectivity index (χ1) is 11.2. The minimum Gasteiger partial charge on any atom is -0.861 e. The van der Waals surface area contributed by atoms with E-state index in [2.05, 4.69) is 11.0 Å². The molecular formula is C16H27F3NO3S-. The van der Waals surface area contributed by atoms with Crippen LogP contribution in [-0.4, -0.2) is 19.8 Å². The van der Waals surface area contributed by atoms with Gasteiger partial charge in [-0.25, -0.2) is 0 Å². The molecule has 0 N–H and O–H groups in total. The Balaban J connectivity index is 3.62. The average Bonchev–Trinajstić information content (AvgIpc) is 2.46. The molecule has 4 nitrogen and oxygen atoms in total. The quantitative estimate of drug-likeness (QED) is 0.196. The van der Waals surface area contributed by atoms with E-state index in [0.29, 0.717) is 12.8 Å². The molecule has 0 radical (unpaired) electrons. The van der Waals surface area contributed by atoms with Crippen molar-refractivity contribution in [2.24, 2.45) is 4.40 Å². The number of rotatable bonds is 14. The molecule has 0 aliphatic rings. The van der Waals surface area contributed by atoms with Gasteiger partial charge in [-0.2, -0.15) is 26.0 Å². The Kier molecular flexibility index (Phi) is 11.8. The molecule has 0 aliphatic carbocycles. The van der Waals surface area contributed by atoms with Crippen molar-refractivity contribution in [1.29, 1.82) is 0 Å². The summed E-state index contributed by atoms with van der Waals surface area (Å²) in [4.78, 5) is 0. The number of sulfonamides is 1. The van der Waals surface area contributed by atoms with Crippen LogP contribution >= 0.6 is 0 Å². The highest BCUT2D eigenvalue weighted by molar-refractivity contribution is 7.91. The molecule has 0 fully saturated rings. The van der Waals surface area contributed by atoms with Crippen molar-refractivity contribution < 1.29 is 26.7 Å². The lowest BCUT2D eigenvalue weighted by atomic mass is 10.1. The van der Waals surface area contributed by atoms with Crippen LogP contribution in [0.3, 0.4) is 0 Å². The van der Waals surface area contributed by atoms with Crippen molar-refractivity contribution in [2.45, 2.75) is 82.6 Å². The van der Waals surface area contributed by atoms with Crippen molar-refractivity contribution in [3.05, 3.63) is 12.7 Å². The van der Waals surface area contributed by atoms with Crippen LogP contribution in [0.15, 0.2) is 17.1 Å². The van der Waals surface area contributed by atoms with Crippen LogP contribution in [0.4, 0.5) is 13.2 Å². The highest BCUT2D eigenvalue weighted by Gasteiger charge is 2.45. The largest absolute Gasteiger partial charge is 0.861 e. The van der Waals surface area contributed by atoms with Gasteiger partial charge in [0, 0.05) is 0 Å². The van der Waals surface area contributed by atoms with Gasteiger partial charge in [-0.05, 0) is 31.6 Å². The Morgan fingerprint density at radius 3 is 1.75 bits per heavy atom. The standard InChI is InChI=1S/C16H28F3NO3S/c1-2-3-4-5-6-7-8-9-10-11-12-13-14-15(21)20-24(22,23)16(17,18)19/h2H,1,3-14H2,(H,20,21)/p-1. The van der Waals surface area contributed by atoms with E-state index < -0.39 is 21.4 Å². The number of hydrogen-bond donors (Lipinski definition) is 0. The molecule has 142 valence electrons. The lowest BCUT2D eigenvalue weighted by molar-refractivity contribution is -0.218. The molecule has 0 atom stereocenters. The molecule has 0 heterocycles. The van der Waals surface area contributed by atoms with Gasteiger partial charge in [0.15, 0.2) is 0 Å². The SMILES string of the molecule is C=CCCCCCCCCCCCC/C([O-])=N/S(=O)(=O)C(F)(F)F. The van der Waals surface area contributed by atoms with E-state index in [9.17, 15) is 26.7 Å². The molecule has 0 saturated carbocycles. The fraction of sp³-hybridized carbons (Fsp3) is 0.812. The summed E-state index contributed by atoms with van der Waals surface area (Å²) in [5, 5.41) is 11.1. The molecule has 0 aromatic rings. The zero-order valence-corrected chi connectivity index (χ0v) is 14.8. The van der Waals surface area contributed by atoms with E-state index in [0.717, 1.165) is 32.1 Å². The lowest BCUT2D eigenvalue weighted by Crippen LogP contribution is -2.26. The first-order valence-corrected chi connectivity index (χ1v) is 9.82. The summed E-state index contributed by atoms with van der Waals surface area (Å²) >= 11 is 0. The minimum atomic E-state index is -5.69. The molecular weight excluding hydrogens is 343 g/mol. The Hall–Kier alpha value is -1.05. The first-order valence-electron chi connectivity index (χ1n) is 8.38. The third-order valence-electron chi connectivity index (χ3n) is 3.56.